The Hall–Kier alpha value is -2.81. The molecule has 9 heteroatoms. The van der Waals surface area contributed by atoms with Crippen molar-refractivity contribution in [2.45, 2.75) is 13.3 Å². The predicted octanol–water partition coefficient (Wildman–Crippen LogP) is 4.28. The maximum atomic E-state index is 11.1. The minimum Gasteiger partial charge on any atom is -0.271 e. The minimum atomic E-state index is -0.685. The highest BCUT2D eigenvalue weighted by atomic mass is 79.9. The van der Waals surface area contributed by atoms with E-state index in [1.807, 2.05) is 24.3 Å². The predicted molar refractivity (Wildman–Crippen MR) is 99.5 cm³/mol. The second kappa shape index (κ2) is 8.34. The smallest absolute Gasteiger partial charge is 0.271 e. The van der Waals surface area contributed by atoms with Crippen LogP contribution in [-0.2, 0) is 6.42 Å². The molecule has 0 amide bonds. The average molecular weight is 407 g/mol. The van der Waals surface area contributed by atoms with Gasteiger partial charge in [0.2, 0.25) is 0 Å². The van der Waals surface area contributed by atoms with Gasteiger partial charge < -0.3 is 0 Å². The van der Waals surface area contributed by atoms with Crippen molar-refractivity contribution in [3.05, 3.63) is 73.8 Å². The van der Waals surface area contributed by atoms with E-state index >= 15 is 0 Å². The second-order valence-corrected chi connectivity index (χ2v) is 5.95. The average Bonchev–Trinajstić information content (AvgIpc) is 2.60. The monoisotopic (exact) mass is 406 g/mol. The van der Waals surface area contributed by atoms with E-state index in [-0.39, 0.29) is 11.4 Å². The first kappa shape index (κ1) is 18.5. The van der Waals surface area contributed by atoms with Crippen LogP contribution in [0.25, 0.3) is 0 Å². The van der Waals surface area contributed by atoms with Crippen LogP contribution in [0.5, 0.6) is 0 Å². The van der Waals surface area contributed by atoms with Gasteiger partial charge in [-0.1, -0.05) is 40.2 Å². The topological polar surface area (TPSA) is 111 Å². The summed E-state index contributed by atoms with van der Waals surface area (Å²) in [7, 11) is 0. The third kappa shape index (κ3) is 4.83. The molecule has 0 aliphatic rings. The van der Waals surface area contributed by atoms with Crippen molar-refractivity contribution in [3.63, 3.8) is 0 Å². The van der Waals surface area contributed by atoms with Crippen molar-refractivity contribution < 1.29 is 9.85 Å². The number of nitrogens with one attached hydrogen (secondary N) is 1. The molecule has 0 unspecified atom stereocenters. The quantitative estimate of drug-likeness (QED) is 0.319. The molecule has 0 bridgehead atoms. The summed E-state index contributed by atoms with van der Waals surface area (Å²) in [5.41, 5.74) is 4.65. The number of non-ortho nitro benzene ring substituents is 1. The molecule has 0 aliphatic heterocycles. The van der Waals surface area contributed by atoms with Gasteiger partial charge in [-0.15, -0.1) is 0 Å². The Morgan fingerprint density at radius 2 is 1.80 bits per heavy atom. The van der Waals surface area contributed by atoms with E-state index in [1.54, 1.807) is 6.92 Å². The van der Waals surface area contributed by atoms with Crippen LogP contribution in [0.15, 0.2) is 47.6 Å². The Balaban J connectivity index is 2.22. The Bertz CT molecular complexity index is 821. The number of alkyl halides is 1. The maximum Gasteiger partial charge on any atom is 0.301 e. The number of benzene rings is 2. The lowest BCUT2D eigenvalue weighted by Crippen LogP contribution is -2.02. The molecule has 8 nitrogen and oxygen atoms in total. The van der Waals surface area contributed by atoms with Crippen molar-refractivity contribution in [3.8, 4) is 0 Å². The van der Waals surface area contributed by atoms with Crippen molar-refractivity contribution in [1.29, 1.82) is 0 Å². The van der Waals surface area contributed by atoms with E-state index in [0.29, 0.717) is 5.71 Å². The van der Waals surface area contributed by atoms with Gasteiger partial charge in [0, 0.05) is 11.4 Å². The number of hydrazone groups is 1. The number of nitrogens with zero attached hydrogens (tertiary/aromatic N) is 3. The van der Waals surface area contributed by atoms with Crippen LogP contribution in [0.2, 0.25) is 0 Å². The van der Waals surface area contributed by atoms with Crippen molar-refractivity contribution in [1.82, 2.24) is 0 Å². The Morgan fingerprint density at radius 1 is 1.12 bits per heavy atom. The molecule has 0 heterocycles. The summed E-state index contributed by atoms with van der Waals surface area (Å²) in [4.78, 5) is 20.5. The summed E-state index contributed by atoms with van der Waals surface area (Å²) < 4.78 is 0. The fourth-order valence-corrected chi connectivity index (χ4v) is 2.57. The van der Waals surface area contributed by atoms with E-state index < -0.39 is 15.5 Å². The summed E-state index contributed by atoms with van der Waals surface area (Å²) in [6.07, 6.45) is 0.920. The number of hydrogen-bond acceptors (Lipinski definition) is 6. The number of anilines is 1. The zero-order valence-electron chi connectivity index (χ0n) is 13.3. The number of aryl methyl sites for hydroxylation is 1. The molecular weight excluding hydrogens is 392 g/mol. The molecule has 25 heavy (non-hydrogen) atoms. The molecule has 0 radical (unpaired) electrons. The van der Waals surface area contributed by atoms with Gasteiger partial charge >= 0.3 is 5.69 Å². The summed E-state index contributed by atoms with van der Waals surface area (Å²) >= 11 is 3.39. The molecule has 2 rings (SSSR count). The van der Waals surface area contributed by atoms with Gasteiger partial charge in [0.1, 0.15) is 5.69 Å². The molecule has 0 spiro atoms. The Kier molecular flexibility index (Phi) is 6.18. The third-order valence-corrected chi connectivity index (χ3v) is 3.88. The zero-order chi connectivity index (χ0) is 18.4. The molecule has 2 aromatic rings. The van der Waals surface area contributed by atoms with Gasteiger partial charge in [0.05, 0.1) is 21.6 Å². The van der Waals surface area contributed by atoms with Crippen LogP contribution in [0.3, 0.4) is 0 Å². The Morgan fingerprint density at radius 3 is 2.36 bits per heavy atom. The lowest BCUT2D eigenvalue weighted by molar-refractivity contribution is -0.393. The fourth-order valence-electron chi connectivity index (χ4n) is 2.11. The molecule has 0 saturated heterocycles. The minimum absolute atomic E-state index is 0.0888. The third-order valence-electron chi connectivity index (χ3n) is 3.49. The van der Waals surface area contributed by atoms with Crippen molar-refractivity contribution in [2.24, 2.45) is 5.10 Å². The summed E-state index contributed by atoms with van der Waals surface area (Å²) in [6, 6.07) is 11.2. The maximum absolute atomic E-state index is 11.1. The highest BCUT2D eigenvalue weighted by Gasteiger charge is 2.19. The SMILES string of the molecule is C/C(=N\Nc1ccc([N+](=O)[O-])cc1[N+](=O)[O-])c1ccc(CCBr)cc1. The van der Waals surface area contributed by atoms with Crippen LogP contribution in [0.4, 0.5) is 17.1 Å². The first-order valence-corrected chi connectivity index (χ1v) is 8.43. The summed E-state index contributed by atoms with van der Waals surface area (Å²) in [5, 5.41) is 26.9. The van der Waals surface area contributed by atoms with E-state index in [4.69, 9.17) is 0 Å². The first-order valence-electron chi connectivity index (χ1n) is 7.30. The highest BCUT2D eigenvalue weighted by molar-refractivity contribution is 9.09. The van der Waals surface area contributed by atoms with Crippen LogP contribution < -0.4 is 5.43 Å². The molecule has 1 N–H and O–H groups in total. The number of rotatable bonds is 7. The van der Waals surface area contributed by atoms with E-state index in [1.165, 1.54) is 17.7 Å². The Labute approximate surface area is 152 Å². The molecule has 0 aliphatic carbocycles. The van der Waals surface area contributed by atoms with Gasteiger partial charge in [-0.25, -0.2) is 0 Å². The van der Waals surface area contributed by atoms with Crippen LogP contribution in [0, 0.1) is 20.2 Å². The fraction of sp³-hybridized carbons (Fsp3) is 0.188. The largest absolute Gasteiger partial charge is 0.301 e. The van der Waals surface area contributed by atoms with Crippen LogP contribution in [-0.4, -0.2) is 20.9 Å². The van der Waals surface area contributed by atoms with Gasteiger partial charge in [-0.3, -0.25) is 25.7 Å². The van der Waals surface area contributed by atoms with E-state index in [0.717, 1.165) is 23.4 Å². The highest BCUT2D eigenvalue weighted by Crippen LogP contribution is 2.29. The van der Waals surface area contributed by atoms with E-state index in [9.17, 15) is 20.2 Å². The van der Waals surface area contributed by atoms with Crippen molar-refractivity contribution >= 4 is 38.7 Å². The molecule has 130 valence electrons. The van der Waals surface area contributed by atoms with Crippen LogP contribution in [0.1, 0.15) is 18.1 Å². The van der Waals surface area contributed by atoms with Gasteiger partial charge in [-0.2, -0.15) is 5.10 Å². The number of halogens is 1. The van der Waals surface area contributed by atoms with Gasteiger partial charge in [-0.05, 0) is 30.5 Å². The molecular formula is C16H15BrN4O4. The summed E-state index contributed by atoms with van der Waals surface area (Å²) in [6.45, 7) is 1.77. The number of nitro groups is 2. The van der Waals surface area contributed by atoms with E-state index in [2.05, 4.69) is 26.5 Å². The van der Waals surface area contributed by atoms with Gasteiger partial charge in [0.15, 0.2) is 0 Å². The van der Waals surface area contributed by atoms with Crippen LogP contribution >= 0.6 is 15.9 Å². The lowest BCUT2D eigenvalue weighted by Gasteiger charge is -2.05. The molecule has 2 aromatic carbocycles. The number of hydrogen-bond donors (Lipinski definition) is 1. The molecule has 0 fully saturated rings. The zero-order valence-corrected chi connectivity index (χ0v) is 14.9. The number of nitro benzene ring substituents is 2. The standard InChI is InChI=1S/C16H15BrN4O4/c1-11(13-4-2-12(3-5-13)8-9-17)18-19-15-7-6-14(20(22)23)10-16(15)21(24)25/h2-7,10,19H,8-9H2,1H3/b18-11+. The lowest BCUT2D eigenvalue weighted by atomic mass is 10.1. The molecule has 0 saturated carbocycles. The molecule has 0 aromatic heterocycles. The first-order chi connectivity index (χ1) is 11.9. The molecule has 0 atom stereocenters. The normalized spacial score (nSPS) is 11.2. The summed E-state index contributed by atoms with van der Waals surface area (Å²) in [5.74, 6) is 0. The van der Waals surface area contributed by atoms with Gasteiger partial charge in [0.25, 0.3) is 5.69 Å². The second-order valence-electron chi connectivity index (χ2n) is 5.16. The van der Waals surface area contributed by atoms with Crippen molar-refractivity contribution in [2.75, 3.05) is 10.8 Å².